The van der Waals surface area contributed by atoms with Crippen molar-refractivity contribution >= 4 is 46.6 Å². The molecule has 0 aliphatic heterocycles. The predicted molar refractivity (Wildman–Crippen MR) is 119 cm³/mol. The van der Waals surface area contributed by atoms with Gasteiger partial charge in [0.05, 0.1) is 16.5 Å². The number of amides is 2. The number of benzene rings is 2. The van der Waals surface area contributed by atoms with E-state index in [4.69, 9.17) is 34.8 Å². The summed E-state index contributed by atoms with van der Waals surface area (Å²) in [5, 5.41) is 4.35. The topological polar surface area (TPSA) is 49.4 Å². The molecule has 0 radical (unpaired) electrons. The fourth-order valence-corrected chi connectivity index (χ4v) is 3.19. The zero-order valence-corrected chi connectivity index (χ0v) is 19.0. The van der Waals surface area contributed by atoms with Gasteiger partial charge < -0.3 is 10.2 Å². The number of rotatable bonds is 8. The van der Waals surface area contributed by atoms with Crippen molar-refractivity contribution in [1.82, 2.24) is 10.2 Å². The smallest absolute Gasteiger partial charge is 0.242 e. The standard InChI is InChI=1S/C22H25Cl3N2O2/c1-14(2)12-26-22(29)15(3)27(13-17-6-9-19(24)20(25)10-17)21(28)11-16-4-7-18(23)8-5-16/h4-10,14-15H,11-13H2,1-3H3,(H,26,29)/t15-/m1/s1. The van der Waals surface area contributed by atoms with Gasteiger partial charge >= 0.3 is 0 Å². The lowest BCUT2D eigenvalue weighted by molar-refractivity contribution is -0.140. The summed E-state index contributed by atoms with van der Waals surface area (Å²) < 4.78 is 0. The van der Waals surface area contributed by atoms with Crippen LogP contribution in [-0.4, -0.2) is 29.3 Å². The van der Waals surface area contributed by atoms with E-state index < -0.39 is 6.04 Å². The first-order valence-corrected chi connectivity index (χ1v) is 10.6. The summed E-state index contributed by atoms with van der Waals surface area (Å²) in [6, 6.07) is 11.7. The van der Waals surface area contributed by atoms with E-state index in [0.29, 0.717) is 27.5 Å². The maximum absolute atomic E-state index is 13.1. The van der Waals surface area contributed by atoms with Gasteiger partial charge in [-0.1, -0.05) is 66.8 Å². The maximum atomic E-state index is 13.1. The Balaban J connectivity index is 2.22. The van der Waals surface area contributed by atoms with Gasteiger partial charge in [-0.25, -0.2) is 0 Å². The Morgan fingerprint density at radius 1 is 0.931 bits per heavy atom. The largest absolute Gasteiger partial charge is 0.354 e. The monoisotopic (exact) mass is 454 g/mol. The van der Waals surface area contributed by atoms with Crippen molar-refractivity contribution in [2.75, 3.05) is 6.54 Å². The van der Waals surface area contributed by atoms with Crippen LogP contribution in [0.4, 0.5) is 0 Å². The minimum absolute atomic E-state index is 0.161. The van der Waals surface area contributed by atoms with Crippen LogP contribution in [0.25, 0.3) is 0 Å². The molecule has 2 amide bonds. The second-order valence-corrected chi connectivity index (χ2v) is 8.64. The van der Waals surface area contributed by atoms with Crippen molar-refractivity contribution in [3.8, 4) is 0 Å². The van der Waals surface area contributed by atoms with Gasteiger partial charge in [-0.05, 0) is 48.2 Å². The molecule has 2 aromatic rings. The molecule has 0 bridgehead atoms. The third-order valence-electron chi connectivity index (χ3n) is 4.46. The zero-order chi connectivity index (χ0) is 21.6. The molecule has 0 saturated heterocycles. The van der Waals surface area contributed by atoms with Gasteiger partial charge in [0.25, 0.3) is 0 Å². The van der Waals surface area contributed by atoms with Crippen LogP contribution in [0.3, 0.4) is 0 Å². The first-order chi connectivity index (χ1) is 13.7. The van der Waals surface area contributed by atoms with Gasteiger partial charge in [-0.15, -0.1) is 0 Å². The van der Waals surface area contributed by atoms with Crippen molar-refractivity contribution in [3.63, 3.8) is 0 Å². The number of carbonyl (C=O) groups is 2. The lowest BCUT2D eigenvalue weighted by Crippen LogP contribution is -2.48. The van der Waals surface area contributed by atoms with Crippen molar-refractivity contribution < 1.29 is 9.59 Å². The first-order valence-electron chi connectivity index (χ1n) is 9.43. The molecule has 0 aliphatic carbocycles. The number of hydrogen-bond donors (Lipinski definition) is 1. The Morgan fingerprint density at radius 3 is 2.14 bits per heavy atom. The van der Waals surface area contributed by atoms with Crippen LogP contribution in [0, 0.1) is 5.92 Å². The van der Waals surface area contributed by atoms with Crippen molar-refractivity contribution in [1.29, 1.82) is 0 Å². The number of carbonyl (C=O) groups excluding carboxylic acids is 2. The van der Waals surface area contributed by atoms with Crippen LogP contribution in [0.15, 0.2) is 42.5 Å². The van der Waals surface area contributed by atoms with Crippen LogP contribution in [-0.2, 0) is 22.6 Å². The third kappa shape index (κ3) is 7.22. The Bertz CT molecular complexity index is 854. The molecule has 1 atom stereocenters. The number of nitrogens with one attached hydrogen (secondary N) is 1. The third-order valence-corrected chi connectivity index (χ3v) is 5.45. The Labute approximate surface area is 187 Å². The molecule has 29 heavy (non-hydrogen) atoms. The zero-order valence-electron chi connectivity index (χ0n) is 16.7. The molecule has 0 spiro atoms. The summed E-state index contributed by atoms with van der Waals surface area (Å²) in [7, 11) is 0. The number of nitrogens with zero attached hydrogens (tertiary/aromatic N) is 1. The van der Waals surface area contributed by atoms with E-state index in [2.05, 4.69) is 5.32 Å². The minimum atomic E-state index is -0.636. The fourth-order valence-electron chi connectivity index (χ4n) is 2.75. The van der Waals surface area contributed by atoms with Crippen molar-refractivity contribution in [2.24, 2.45) is 5.92 Å². The summed E-state index contributed by atoms with van der Waals surface area (Å²) in [5.41, 5.74) is 1.63. The van der Waals surface area contributed by atoms with E-state index in [1.165, 1.54) is 0 Å². The molecule has 0 unspecified atom stereocenters. The molecule has 0 aromatic heterocycles. The molecular weight excluding hydrogens is 431 g/mol. The van der Waals surface area contributed by atoms with Crippen LogP contribution in [0.2, 0.25) is 15.1 Å². The first kappa shape index (κ1) is 23.5. The second kappa shape index (κ2) is 10.9. The van der Waals surface area contributed by atoms with E-state index in [9.17, 15) is 9.59 Å². The molecule has 0 aliphatic rings. The van der Waals surface area contributed by atoms with E-state index >= 15 is 0 Å². The average molecular weight is 456 g/mol. The molecule has 4 nitrogen and oxygen atoms in total. The predicted octanol–water partition coefficient (Wildman–Crippen LogP) is 5.38. The van der Waals surface area contributed by atoms with E-state index in [-0.39, 0.29) is 24.8 Å². The minimum Gasteiger partial charge on any atom is -0.354 e. The Morgan fingerprint density at radius 2 is 1.55 bits per heavy atom. The van der Waals surface area contributed by atoms with Gasteiger partial charge in [0.15, 0.2) is 0 Å². The normalized spacial score (nSPS) is 12.0. The SMILES string of the molecule is CC(C)CNC(=O)[C@@H](C)N(Cc1ccc(Cl)c(Cl)c1)C(=O)Cc1ccc(Cl)cc1. The van der Waals surface area contributed by atoms with E-state index in [0.717, 1.165) is 11.1 Å². The summed E-state index contributed by atoms with van der Waals surface area (Å²) in [5.74, 6) is -0.0340. The lowest BCUT2D eigenvalue weighted by Gasteiger charge is -2.29. The van der Waals surface area contributed by atoms with Gasteiger partial charge in [0.2, 0.25) is 11.8 Å². The van der Waals surface area contributed by atoms with Gasteiger partial charge in [0, 0.05) is 18.1 Å². The quantitative estimate of drug-likeness (QED) is 0.581. The Kier molecular flexibility index (Phi) is 8.81. The molecule has 7 heteroatoms. The summed E-state index contributed by atoms with van der Waals surface area (Å²) in [4.78, 5) is 27.3. The molecule has 0 fully saturated rings. The summed E-state index contributed by atoms with van der Waals surface area (Å²) in [6.45, 7) is 6.57. The maximum Gasteiger partial charge on any atom is 0.242 e. The van der Waals surface area contributed by atoms with Crippen molar-refractivity contribution in [3.05, 3.63) is 68.7 Å². The molecule has 2 rings (SSSR count). The van der Waals surface area contributed by atoms with Crippen LogP contribution < -0.4 is 5.32 Å². The molecule has 0 saturated carbocycles. The molecule has 156 valence electrons. The molecule has 2 aromatic carbocycles. The second-order valence-electron chi connectivity index (χ2n) is 7.39. The highest BCUT2D eigenvalue weighted by molar-refractivity contribution is 6.42. The highest BCUT2D eigenvalue weighted by Gasteiger charge is 2.26. The van der Waals surface area contributed by atoms with E-state index in [1.54, 1.807) is 54.3 Å². The Hall–Kier alpha value is -1.75. The van der Waals surface area contributed by atoms with Crippen LogP contribution >= 0.6 is 34.8 Å². The number of halogens is 3. The number of hydrogen-bond acceptors (Lipinski definition) is 2. The summed E-state index contributed by atoms with van der Waals surface area (Å²) in [6.07, 6.45) is 0.167. The average Bonchev–Trinajstić information content (AvgIpc) is 2.68. The highest BCUT2D eigenvalue weighted by atomic mass is 35.5. The van der Waals surface area contributed by atoms with E-state index in [1.807, 2.05) is 13.8 Å². The highest BCUT2D eigenvalue weighted by Crippen LogP contribution is 2.24. The van der Waals surface area contributed by atoms with Crippen LogP contribution in [0.1, 0.15) is 31.9 Å². The fraction of sp³-hybridized carbons (Fsp3) is 0.364. The molecule has 0 heterocycles. The van der Waals surface area contributed by atoms with Crippen LogP contribution in [0.5, 0.6) is 0 Å². The van der Waals surface area contributed by atoms with Gasteiger partial charge in [0.1, 0.15) is 6.04 Å². The summed E-state index contributed by atoms with van der Waals surface area (Å²) >= 11 is 18.0. The molecule has 1 N–H and O–H groups in total. The van der Waals surface area contributed by atoms with Gasteiger partial charge in [-0.2, -0.15) is 0 Å². The van der Waals surface area contributed by atoms with Gasteiger partial charge in [-0.3, -0.25) is 9.59 Å². The lowest BCUT2D eigenvalue weighted by atomic mass is 10.1. The van der Waals surface area contributed by atoms with Crippen molar-refractivity contribution in [2.45, 2.75) is 39.8 Å². The molecular formula is C22H25Cl3N2O2.